The van der Waals surface area contributed by atoms with E-state index in [1.165, 1.54) is 5.69 Å². The van der Waals surface area contributed by atoms with E-state index < -0.39 is 0 Å². The van der Waals surface area contributed by atoms with Crippen LogP contribution in [0.15, 0.2) is 28.8 Å². The van der Waals surface area contributed by atoms with Gasteiger partial charge in [0.25, 0.3) is 0 Å². The van der Waals surface area contributed by atoms with E-state index in [4.69, 9.17) is 22.6 Å². The maximum Gasteiger partial charge on any atom is 0.210 e. The zero-order valence-electron chi connectivity index (χ0n) is 11.3. The van der Waals surface area contributed by atoms with Gasteiger partial charge in [-0.25, -0.2) is 0 Å². The summed E-state index contributed by atoms with van der Waals surface area (Å²) >= 11 is 5.26. The van der Waals surface area contributed by atoms with Crippen molar-refractivity contribution in [2.45, 2.75) is 0 Å². The summed E-state index contributed by atoms with van der Waals surface area (Å²) in [5.74, 6) is 0.178. The van der Waals surface area contributed by atoms with E-state index in [9.17, 15) is 0 Å². The molecule has 0 aromatic heterocycles. The summed E-state index contributed by atoms with van der Waals surface area (Å²) in [4.78, 5) is 4.60. The van der Waals surface area contributed by atoms with Crippen molar-refractivity contribution < 1.29 is 5.11 Å². The molecule has 1 fully saturated rings. The average Bonchev–Trinajstić information content (AvgIpc) is 2.49. The summed E-state index contributed by atoms with van der Waals surface area (Å²) in [5.41, 5.74) is 7.54. The molecule has 7 heteroatoms. The van der Waals surface area contributed by atoms with Crippen LogP contribution in [0.2, 0.25) is 0 Å². The first-order valence-electron chi connectivity index (χ1n) is 6.62. The van der Waals surface area contributed by atoms with Crippen LogP contribution in [-0.2, 0) is 0 Å². The van der Waals surface area contributed by atoms with Gasteiger partial charge in [0.05, 0.1) is 6.61 Å². The van der Waals surface area contributed by atoms with E-state index in [0.717, 1.165) is 38.4 Å². The molecule has 1 heterocycles. The van der Waals surface area contributed by atoms with Crippen molar-refractivity contribution in [1.82, 2.24) is 4.90 Å². The summed E-state index contributed by atoms with van der Waals surface area (Å²) < 4.78 is 3.34. The minimum absolute atomic E-state index is 0.178. The number of rotatable bonds is 4. The standard InChI is InChI=1S/C13H20ClN5O/c14-17-13(15)16-11-1-3-12(4-2-11)19-7-5-18(6-8-19)9-10-20/h1-4,20H,5-10H2,(H3,15,16,17). The number of aliphatic hydroxyl groups excluding tert-OH is 1. The predicted molar refractivity (Wildman–Crippen MR) is 83.3 cm³/mol. The van der Waals surface area contributed by atoms with Gasteiger partial charge in [0.15, 0.2) is 0 Å². The van der Waals surface area contributed by atoms with Gasteiger partial charge in [0.1, 0.15) is 0 Å². The fraction of sp³-hybridized carbons (Fsp3) is 0.462. The van der Waals surface area contributed by atoms with Crippen LogP contribution >= 0.6 is 11.8 Å². The maximum atomic E-state index is 8.93. The number of nitrogens with zero attached hydrogens (tertiary/aromatic N) is 3. The molecule has 0 spiro atoms. The van der Waals surface area contributed by atoms with E-state index >= 15 is 0 Å². The second kappa shape index (κ2) is 7.33. The Hall–Kier alpha value is -1.50. The Morgan fingerprint density at radius 1 is 1.25 bits per heavy atom. The van der Waals surface area contributed by atoms with E-state index in [2.05, 4.69) is 19.6 Å². The molecule has 1 aromatic rings. The van der Waals surface area contributed by atoms with Crippen molar-refractivity contribution in [3.63, 3.8) is 0 Å². The normalized spacial score (nSPS) is 17.3. The third kappa shape index (κ3) is 4.00. The summed E-state index contributed by atoms with van der Waals surface area (Å²) in [7, 11) is 0. The van der Waals surface area contributed by atoms with Gasteiger partial charge in [-0.05, 0) is 24.3 Å². The van der Waals surface area contributed by atoms with Crippen LogP contribution in [0.25, 0.3) is 0 Å². The highest BCUT2D eigenvalue weighted by Crippen LogP contribution is 2.19. The van der Waals surface area contributed by atoms with Crippen molar-refractivity contribution >= 4 is 29.1 Å². The molecule has 0 amide bonds. The monoisotopic (exact) mass is 297 g/mol. The maximum absolute atomic E-state index is 8.93. The van der Waals surface area contributed by atoms with Gasteiger partial charge in [-0.1, -0.05) is 0 Å². The number of hydrogen-bond acceptors (Lipinski definition) is 4. The lowest BCUT2D eigenvalue weighted by atomic mass is 10.2. The highest BCUT2D eigenvalue weighted by Gasteiger charge is 2.16. The molecule has 0 aliphatic carbocycles. The molecule has 1 aromatic carbocycles. The third-order valence-electron chi connectivity index (χ3n) is 3.38. The van der Waals surface area contributed by atoms with Crippen LogP contribution in [0, 0.1) is 0 Å². The number of benzene rings is 1. The molecule has 1 aliphatic heterocycles. The topological polar surface area (TPSA) is 77.1 Å². The summed E-state index contributed by atoms with van der Waals surface area (Å²) in [6.07, 6.45) is 0. The van der Waals surface area contributed by atoms with Crippen LogP contribution in [0.5, 0.6) is 0 Å². The minimum Gasteiger partial charge on any atom is -0.395 e. The summed E-state index contributed by atoms with van der Waals surface area (Å²) in [5, 5.41) is 11.8. The molecule has 0 saturated carbocycles. The van der Waals surface area contributed by atoms with Crippen molar-refractivity contribution in [2.24, 2.45) is 10.2 Å². The zero-order chi connectivity index (χ0) is 14.4. The minimum atomic E-state index is 0.178. The SMILES string of the molecule is NC(=NCl)Nc1ccc(N2CCN(CCO)CC2)cc1. The number of guanidine groups is 1. The molecular weight excluding hydrogens is 278 g/mol. The van der Waals surface area contributed by atoms with Crippen molar-refractivity contribution in [2.75, 3.05) is 49.5 Å². The number of nitrogens with one attached hydrogen (secondary N) is 1. The molecule has 4 N–H and O–H groups in total. The number of halogens is 1. The third-order valence-corrected chi connectivity index (χ3v) is 3.57. The Kier molecular flexibility index (Phi) is 5.46. The molecule has 110 valence electrons. The number of hydrogen-bond donors (Lipinski definition) is 3. The average molecular weight is 298 g/mol. The largest absolute Gasteiger partial charge is 0.395 e. The van der Waals surface area contributed by atoms with Crippen LogP contribution in [0.3, 0.4) is 0 Å². The highest BCUT2D eigenvalue weighted by molar-refractivity contribution is 6.20. The van der Waals surface area contributed by atoms with Crippen molar-refractivity contribution in [3.05, 3.63) is 24.3 Å². The fourth-order valence-electron chi connectivity index (χ4n) is 2.30. The molecule has 1 aliphatic rings. The van der Waals surface area contributed by atoms with Gasteiger partial charge in [0, 0.05) is 55.9 Å². The van der Waals surface area contributed by atoms with Crippen LogP contribution in [0.1, 0.15) is 0 Å². The Morgan fingerprint density at radius 3 is 2.45 bits per heavy atom. The second-order valence-corrected chi connectivity index (χ2v) is 4.86. The molecular formula is C13H20ClN5O. The molecule has 0 atom stereocenters. The van der Waals surface area contributed by atoms with Gasteiger partial charge in [-0.3, -0.25) is 4.90 Å². The molecule has 6 nitrogen and oxygen atoms in total. The number of aliphatic hydroxyl groups is 1. The predicted octanol–water partition coefficient (Wildman–Crippen LogP) is 0.681. The Labute approximate surface area is 123 Å². The van der Waals surface area contributed by atoms with Crippen molar-refractivity contribution in [3.8, 4) is 0 Å². The zero-order valence-corrected chi connectivity index (χ0v) is 12.1. The Bertz CT molecular complexity index is 443. The lowest BCUT2D eigenvalue weighted by molar-refractivity contribution is 0.189. The second-order valence-electron chi connectivity index (χ2n) is 4.69. The summed E-state index contributed by atoms with van der Waals surface area (Å²) in [6.45, 7) is 4.88. The van der Waals surface area contributed by atoms with Gasteiger partial charge < -0.3 is 21.1 Å². The first kappa shape index (κ1) is 14.9. The highest BCUT2D eigenvalue weighted by atomic mass is 35.5. The molecule has 1 saturated heterocycles. The molecule has 2 rings (SSSR count). The molecule has 0 radical (unpaired) electrons. The van der Waals surface area contributed by atoms with E-state index in [1.807, 2.05) is 24.3 Å². The quantitative estimate of drug-likeness (QED) is 0.563. The fourth-order valence-corrected chi connectivity index (χ4v) is 2.34. The molecule has 0 unspecified atom stereocenters. The van der Waals surface area contributed by atoms with Gasteiger partial charge in [-0.2, -0.15) is 0 Å². The van der Waals surface area contributed by atoms with Crippen LogP contribution < -0.4 is 16.0 Å². The molecule has 0 bridgehead atoms. The lowest BCUT2D eigenvalue weighted by Gasteiger charge is -2.35. The number of nitrogens with two attached hydrogens (primary N) is 1. The smallest absolute Gasteiger partial charge is 0.210 e. The lowest BCUT2D eigenvalue weighted by Crippen LogP contribution is -2.47. The number of anilines is 2. The van der Waals surface area contributed by atoms with E-state index in [-0.39, 0.29) is 12.6 Å². The number of piperazine rings is 1. The Morgan fingerprint density at radius 2 is 1.90 bits per heavy atom. The first-order chi connectivity index (χ1) is 9.72. The van der Waals surface area contributed by atoms with Gasteiger partial charge in [0.2, 0.25) is 5.96 Å². The Balaban J connectivity index is 1.91. The number of β-amino-alcohol motifs (C(OH)–C–C–N with tert-alkyl or cyclic N) is 1. The van der Waals surface area contributed by atoms with Crippen LogP contribution in [0.4, 0.5) is 11.4 Å². The molecule has 20 heavy (non-hydrogen) atoms. The van der Waals surface area contributed by atoms with Gasteiger partial charge >= 0.3 is 0 Å². The summed E-state index contributed by atoms with van der Waals surface area (Å²) in [6, 6.07) is 7.99. The van der Waals surface area contributed by atoms with Crippen molar-refractivity contribution in [1.29, 1.82) is 0 Å². The first-order valence-corrected chi connectivity index (χ1v) is 6.96. The van der Waals surface area contributed by atoms with E-state index in [1.54, 1.807) is 0 Å². The van der Waals surface area contributed by atoms with Crippen LogP contribution in [-0.4, -0.2) is 55.3 Å². The van der Waals surface area contributed by atoms with Gasteiger partial charge in [-0.15, -0.1) is 4.51 Å². The van der Waals surface area contributed by atoms with E-state index in [0.29, 0.717) is 0 Å².